The van der Waals surface area contributed by atoms with Gasteiger partial charge in [0.05, 0.1) is 19.6 Å². The van der Waals surface area contributed by atoms with Crippen LogP contribution in [0.3, 0.4) is 0 Å². The van der Waals surface area contributed by atoms with Gasteiger partial charge in [0.15, 0.2) is 23.3 Å². The van der Waals surface area contributed by atoms with Gasteiger partial charge in [-0.05, 0) is 0 Å². The molecule has 0 unspecified atom stereocenters. The topological polar surface area (TPSA) is 338 Å². The smallest absolute Gasteiger partial charge is 0.744 e. The van der Waals surface area contributed by atoms with Crippen molar-refractivity contribution >= 4 is 84.6 Å². The van der Waals surface area contributed by atoms with Gasteiger partial charge in [-0.2, -0.15) is 0 Å². The molecule has 0 saturated carbocycles. The molecule has 0 saturated heterocycles. The maximum absolute atomic E-state index is 13.0. The molecule has 4 aromatic carbocycles. The van der Waals surface area contributed by atoms with Crippen LogP contribution in [0.25, 0.3) is 89.7 Å². The van der Waals surface area contributed by atoms with E-state index in [9.17, 15) is 51.9 Å². The minimum absolute atomic E-state index is 0. The van der Waals surface area contributed by atoms with Crippen molar-refractivity contribution in [3.8, 4) is 45.6 Å². The van der Waals surface area contributed by atoms with E-state index < -0.39 is 82.1 Å². The Morgan fingerprint density at radius 1 is 0.368 bits per heavy atom. The van der Waals surface area contributed by atoms with E-state index in [1.165, 1.54) is 12.1 Å². The molecule has 7 aromatic rings. The Kier molecular flexibility index (Phi) is 8.60. The van der Waals surface area contributed by atoms with Crippen LogP contribution in [0.15, 0.2) is 92.4 Å². The average molecular weight is 1020 g/mol. The first-order valence-corrected chi connectivity index (χ1v) is 21.1. The molecule has 57 heavy (non-hydrogen) atoms. The molecule has 8 bridgehead atoms. The second-order valence-corrected chi connectivity index (χ2v) is 17.4. The number of nitrogens with one attached hydrogen (secondary N) is 2. The second kappa shape index (κ2) is 12.8. The molecule has 2 N–H and O–H groups in total. The third-order valence-electron chi connectivity index (χ3n) is 8.82. The predicted octanol–water partition coefficient (Wildman–Crippen LogP) is 2.48. The van der Waals surface area contributed by atoms with Crippen LogP contribution in [0.5, 0.6) is 0 Å². The van der Waals surface area contributed by atoms with Crippen LogP contribution in [-0.2, 0) is 60.3 Å². The zero-order chi connectivity index (χ0) is 39.7. The molecular weight excluding hydrogens is 1010 g/mol. The van der Waals surface area contributed by atoms with Crippen molar-refractivity contribution in [2.45, 2.75) is 19.6 Å². The van der Waals surface area contributed by atoms with E-state index in [0.29, 0.717) is 21.9 Å². The summed E-state index contributed by atoms with van der Waals surface area (Å²) in [5.74, 6) is -0.637. The van der Waals surface area contributed by atoms with E-state index in [0.717, 1.165) is 0 Å². The second-order valence-electron chi connectivity index (χ2n) is 12.1. The quantitative estimate of drug-likeness (QED) is 0.239. The fraction of sp³-hybridized carbons (Fsp3) is 0. The van der Waals surface area contributed by atoms with Crippen LogP contribution in [0, 0.1) is 0 Å². The monoisotopic (exact) mass is 1020 g/mol. The number of H-pyrrole nitrogens is 2. The number of fused-ring (bicyclic) bond motifs is 20. The standard InChI is InChI=1S/C32H18N8O12S4.Os/c41-53(42,43)21-19-20(22(54(44,45)46)24(56(50,51)52)23(21)55(47,48)49)32-39-30-18-12-6-4-10-16(18)28(37-30)35-26-14-8-2-1-7-13(14)25(33-26)34-27-15-9-3-5-11-17(15)29(36-27)38-31(19)40-32;/h1-12H,(H,41,42,43)(H,44,45,46)(H,47,48,49)(H,50,51,52)(H2,33,34,35,36,37,38,39,40);/q;+4/p-4. The van der Waals surface area contributed by atoms with Gasteiger partial charge in [0, 0.05) is 43.8 Å². The summed E-state index contributed by atoms with van der Waals surface area (Å²) in [4.78, 5) is 23.0. The molecule has 0 spiro atoms. The summed E-state index contributed by atoms with van der Waals surface area (Å²) in [6.45, 7) is 0. The van der Waals surface area contributed by atoms with Crippen molar-refractivity contribution in [2.75, 3.05) is 0 Å². The van der Waals surface area contributed by atoms with Crippen molar-refractivity contribution in [1.82, 2.24) is 39.9 Å². The Hall–Kier alpha value is -5.48. The fourth-order valence-corrected chi connectivity index (χ4v) is 11.6. The first-order chi connectivity index (χ1) is 26.3. The Balaban J connectivity index is 0.00000455. The van der Waals surface area contributed by atoms with Crippen LogP contribution >= 0.6 is 0 Å². The van der Waals surface area contributed by atoms with Crippen molar-refractivity contribution in [3.63, 3.8) is 0 Å². The van der Waals surface area contributed by atoms with E-state index >= 15 is 0 Å². The SMILES string of the molecule is O=S(=O)([O-])c1c(S(=O)(=O)[O-])c(S(=O)(=O)[O-])c2c3nc4nc(nc5[nH]c(nc6nc(nc([nH]3)c2c1S(=O)(=O)[O-])-c1ccccc1-6)c1ccccc51)-c1ccccc1-4.[Os+4]. The van der Waals surface area contributed by atoms with Gasteiger partial charge in [0.25, 0.3) is 0 Å². The van der Waals surface area contributed by atoms with E-state index in [1.807, 2.05) is 0 Å². The summed E-state index contributed by atoms with van der Waals surface area (Å²) in [7, 11) is -26.0. The molecule has 286 valence electrons. The van der Waals surface area contributed by atoms with Crippen LogP contribution in [0.1, 0.15) is 0 Å². The van der Waals surface area contributed by atoms with Gasteiger partial charge in [-0.1, -0.05) is 72.8 Å². The first kappa shape index (κ1) is 38.4. The third-order valence-corrected chi connectivity index (χ3v) is 12.8. The third kappa shape index (κ3) is 6.11. The molecule has 3 aromatic heterocycles. The van der Waals surface area contributed by atoms with Gasteiger partial charge in [0.2, 0.25) is 0 Å². The molecule has 0 aliphatic carbocycles. The zero-order valence-electron chi connectivity index (χ0n) is 27.5. The molecule has 9 rings (SSSR count). The maximum atomic E-state index is 13.0. The normalized spacial score (nSPS) is 13.0. The number of hydrogen-bond acceptors (Lipinski definition) is 18. The number of rotatable bonds is 4. The summed E-state index contributed by atoms with van der Waals surface area (Å²) in [6, 6.07) is 19.6. The minimum Gasteiger partial charge on any atom is -0.744 e. The number of benzene rings is 4. The Morgan fingerprint density at radius 3 is 0.930 bits per heavy atom. The average Bonchev–Trinajstić information content (AvgIpc) is 3.84. The van der Waals surface area contributed by atoms with E-state index in [2.05, 4.69) is 29.9 Å². The van der Waals surface area contributed by atoms with Gasteiger partial charge >= 0.3 is 19.8 Å². The van der Waals surface area contributed by atoms with Crippen LogP contribution in [-0.4, -0.2) is 91.8 Å². The summed E-state index contributed by atoms with van der Waals surface area (Å²) in [5.41, 5.74) is -0.283. The van der Waals surface area contributed by atoms with E-state index in [4.69, 9.17) is 9.97 Å². The summed E-state index contributed by atoms with van der Waals surface area (Å²) < 4.78 is 154. The molecule has 0 radical (unpaired) electrons. The molecule has 2 aliphatic heterocycles. The number of hydrogen-bond donors (Lipinski definition) is 2. The van der Waals surface area contributed by atoms with Gasteiger partial charge in [0.1, 0.15) is 63.1 Å². The van der Waals surface area contributed by atoms with Gasteiger partial charge in [-0.25, -0.2) is 63.6 Å². The predicted molar refractivity (Wildman–Crippen MR) is 188 cm³/mol. The van der Waals surface area contributed by atoms with E-state index in [-0.39, 0.29) is 65.5 Å². The molecule has 20 nitrogen and oxygen atoms in total. The largest absolute Gasteiger partial charge is 4.00 e. The van der Waals surface area contributed by atoms with Crippen LogP contribution in [0.4, 0.5) is 0 Å². The van der Waals surface area contributed by atoms with Crippen molar-refractivity contribution in [2.24, 2.45) is 0 Å². The number of aromatic nitrogens is 8. The zero-order valence-corrected chi connectivity index (χ0v) is 33.3. The van der Waals surface area contributed by atoms with Gasteiger partial charge < -0.3 is 28.2 Å². The Labute approximate surface area is 332 Å². The Bertz CT molecular complexity index is 3380. The maximum Gasteiger partial charge on any atom is 4.00 e. The van der Waals surface area contributed by atoms with E-state index in [1.54, 1.807) is 60.7 Å². The molecular formula is C32H14N8O12OsS4. The minimum atomic E-state index is -6.60. The van der Waals surface area contributed by atoms with Crippen molar-refractivity contribution < 1.29 is 71.7 Å². The van der Waals surface area contributed by atoms with Gasteiger partial charge in [-0.3, -0.25) is 0 Å². The fourth-order valence-electron chi connectivity index (χ4n) is 6.72. The van der Waals surface area contributed by atoms with Crippen LogP contribution < -0.4 is 0 Å². The molecule has 25 heteroatoms. The number of aromatic amines is 2. The summed E-state index contributed by atoms with van der Waals surface area (Å²) in [5, 5.41) is -1.56. The van der Waals surface area contributed by atoms with Crippen molar-refractivity contribution in [3.05, 3.63) is 72.8 Å². The number of nitrogens with zero attached hydrogens (tertiary/aromatic N) is 6. The van der Waals surface area contributed by atoms with Crippen molar-refractivity contribution in [1.29, 1.82) is 0 Å². The Morgan fingerprint density at radius 2 is 0.632 bits per heavy atom. The molecule has 0 fully saturated rings. The molecule has 0 atom stereocenters. The molecule has 0 amide bonds. The first-order valence-electron chi connectivity index (χ1n) is 15.5. The molecule has 2 aliphatic rings. The van der Waals surface area contributed by atoms with Gasteiger partial charge in [-0.15, -0.1) is 0 Å². The van der Waals surface area contributed by atoms with Crippen LogP contribution in [0.2, 0.25) is 0 Å². The summed E-state index contributed by atoms with van der Waals surface area (Å²) in [6.07, 6.45) is 0. The summed E-state index contributed by atoms with van der Waals surface area (Å²) >= 11 is 0. The molecule has 5 heterocycles.